The lowest BCUT2D eigenvalue weighted by Gasteiger charge is -2.05. The van der Waals surface area contributed by atoms with Crippen molar-refractivity contribution in [2.75, 3.05) is 6.61 Å². The van der Waals surface area contributed by atoms with Gasteiger partial charge in [0.05, 0.1) is 6.61 Å². The van der Waals surface area contributed by atoms with Crippen LogP contribution in [0.1, 0.15) is 45.4 Å². The van der Waals surface area contributed by atoms with Gasteiger partial charge in [0.1, 0.15) is 0 Å². The van der Waals surface area contributed by atoms with Gasteiger partial charge in [0.15, 0.2) is 0 Å². The molecular weight excluding hydrogens is 195 g/mol. The second-order valence-corrected chi connectivity index (χ2v) is 4.00. The van der Waals surface area contributed by atoms with E-state index in [1.165, 1.54) is 31.8 Å². The molecule has 0 aliphatic heterocycles. The standard InChI is InChI=1S/C12H19FO2/c1-2-15-12(14)11(13)9-5-8-10-6-3-4-7-10/h9-10H,2-8H2,1H3. The Hall–Kier alpha value is -0.860. The maximum Gasteiger partial charge on any atom is 0.366 e. The number of carbonyl (C=O) groups is 1. The Kier molecular flexibility index (Phi) is 5.37. The van der Waals surface area contributed by atoms with Crippen LogP contribution in [0, 0.1) is 5.92 Å². The number of carbonyl (C=O) groups excluding carboxylic acids is 1. The van der Waals surface area contributed by atoms with Crippen LogP contribution in [0.25, 0.3) is 0 Å². The molecule has 0 spiro atoms. The molecule has 2 nitrogen and oxygen atoms in total. The molecule has 15 heavy (non-hydrogen) atoms. The highest BCUT2D eigenvalue weighted by Crippen LogP contribution is 2.28. The monoisotopic (exact) mass is 214 g/mol. The summed E-state index contributed by atoms with van der Waals surface area (Å²) in [6.45, 7) is 1.90. The van der Waals surface area contributed by atoms with Gasteiger partial charge in [-0.3, -0.25) is 0 Å². The molecule has 0 N–H and O–H groups in total. The highest BCUT2D eigenvalue weighted by atomic mass is 19.1. The molecule has 86 valence electrons. The summed E-state index contributed by atoms with van der Waals surface area (Å²) < 4.78 is 17.6. The molecule has 0 radical (unpaired) electrons. The summed E-state index contributed by atoms with van der Waals surface area (Å²) in [5.74, 6) is -0.838. The average molecular weight is 214 g/mol. The van der Waals surface area contributed by atoms with Crippen molar-refractivity contribution < 1.29 is 13.9 Å². The highest BCUT2D eigenvalue weighted by molar-refractivity contribution is 5.85. The molecule has 0 unspecified atom stereocenters. The third kappa shape index (κ3) is 4.45. The van der Waals surface area contributed by atoms with Gasteiger partial charge in [-0.15, -0.1) is 0 Å². The summed E-state index contributed by atoms with van der Waals surface area (Å²) in [5.41, 5.74) is 0. The van der Waals surface area contributed by atoms with Gasteiger partial charge in [0, 0.05) is 0 Å². The Bertz CT molecular complexity index is 230. The zero-order chi connectivity index (χ0) is 11.1. The lowest BCUT2D eigenvalue weighted by atomic mass is 10.0. The van der Waals surface area contributed by atoms with E-state index >= 15 is 0 Å². The predicted molar refractivity (Wildman–Crippen MR) is 57.0 cm³/mol. The molecule has 1 aliphatic rings. The first-order chi connectivity index (χ1) is 7.24. The molecule has 0 amide bonds. The number of hydrogen-bond donors (Lipinski definition) is 0. The fraction of sp³-hybridized carbons (Fsp3) is 0.750. The molecule has 1 saturated carbocycles. The molecule has 0 bridgehead atoms. The topological polar surface area (TPSA) is 26.3 Å². The van der Waals surface area contributed by atoms with Crippen molar-refractivity contribution >= 4 is 5.97 Å². The van der Waals surface area contributed by atoms with E-state index in [1.54, 1.807) is 6.92 Å². The molecule has 0 aromatic carbocycles. The lowest BCUT2D eigenvalue weighted by molar-refractivity contribution is -0.140. The second kappa shape index (κ2) is 6.59. The molecule has 0 atom stereocenters. The zero-order valence-electron chi connectivity index (χ0n) is 9.30. The summed E-state index contributed by atoms with van der Waals surface area (Å²) in [7, 11) is 0. The third-order valence-electron chi connectivity index (χ3n) is 2.84. The van der Waals surface area contributed by atoms with E-state index in [9.17, 15) is 9.18 Å². The van der Waals surface area contributed by atoms with Crippen molar-refractivity contribution in [2.45, 2.75) is 45.4 Å². The van der Waals surface area contributed by atoms with Gasteiger partial charge in [-0.25, -0.2) is 4.79 Å². The number of hydrogen-bond acceptors (Lipinski definition) is 2. The summed E-state index contributed by atoms with van der Waals surface area (Å²) in [6.07, 6.45) is 8.12. The van der Waals surface area contributed by atoms with Crippen LogP contribution in [0.15, 0.2) is 11.9 Å². The Labute approximate surface area is 90.5 Å². The minimum absolute atomic E-state index is 0.225. The summed E-state index contributed by atoms with van der Waals surface area (Å²) in [5, 5.41) is 0. The molecule has 0 aromatic heterocycles. The van der Waals surface area contributed by atoms with Crippen LogP contribution in [0.2, 0.25) is 0 Å². The van der Waals surface area contributed by atoms with Crippen LogP contribution in [-0.2, 0) is 9.53 Å². The number of halogens is 1. The molecule has 1 rings (SSSR count). The van der Waals surface area contributed by atoms with Crippen molar-refractivity contribution in [1.29, 1.82) is 0 Å². The SMILES string of the molecule is CCOC(=O)C(F)=CCCC1CCCC1. The molecule has 1 aliphatic carbocycles. The maximum absolute atomic E-state index is 13.0. The molecule has 0 aromatic rings. The average Bonchev–Trinajstić information content (AvgIpc) is 2.71. The van der Waals surface area contributed by atoms with Crippen molar-refractivity contribution in [3.8, 4) is 0 Å². The maximum atomic E-state index is 13.0. The fourth-order valence-electron chi connectivity index (χ4n) is 2.03. The van der Waals surface area contributed by atoms with Crippen LogP contribution >= 0.6 is 0 Å². The van der Waals surface area contributed by atoms with E-state index in [1.807, 2.05) is 0 Å². The van der Waals surface area contributed by atoms with Gasteiger partial charge in [-0.1, -0.05) is 25.7 Å². The van der Waals surface area contributed by atoms with Crippen molar-refractivity contribution in [3.63, 3.8) is 0 Å². The van der Waals surface area contributed by atoms with E-state index in [2.05, 4.69) is 4.74 Å². The van der Waals surface area contributed by atoms with Crippen LogP contribution in [0.3, 0.4) is 0 Å². The van der Waals surface area contributed by atoms with Crippen molar-refractivity contribution in [2.24, 2.45) is 5.92 Å². The molecular formula is C12H19FO2. The van der Waals surface area contributed by atoms with Gasteiger partial charge in [0.2, 0.25) is 5.83 Å². The van der Waals surface area contributed by atoms with Crippen LogP contribution < -0.4 is 0 Å². The van der Waals surface area contributed by atoms with Gasteiger partial charge < -0.3 is 4.74 Å². The first kappa shape index (κ1) is 12.2. The zero-order valence-corrected chi connectivity index (χ0v) is 9.30. The van der Waals surface area contributed by atoms with Gasteiger partial charge >= 0.3 is 5.97 Å². The fourth-order valence-corrected chi connectivity index (χ4v) is 2.03. The summed E-state index contributed by atoms with van der Waals surface area (Å²) >= 11 is 0. The molecule has 3 heteroatoms. The minimum atomic E-state index is -0.830. The largest absolute Gasteiger partial charge is 0.461 e. The van der Waals surface area contributed by atoms with Gasteiger partial charge in [-0.2, -0.15) is 4.39 Å². The Balaban J connectivity index is 2.20. The van der Waals surface area contributed by atoms with E-state index in [0.717, 1.165) is 12.3 Å². The van der Waals surface area contributed by atoms with Crippen molar-refractivity contribution in [1.82, 2.24) is 0 Å². The molecule has 0 heterocycles. The lowest BCUT2D eigenvalue weighted by Crippen LogP contribution is -2.04. The third-order valence-corrected chi connectivity index (χ3v) is 2.84. The minimum Gasteiger partial charge on any atom is -0.461 e. The highest BCUT2D eigenvalue weighted by Gasteiger charge is 2.14. The van der Waals surface area contributed by atoms with E-state index in [4.69, 9.17) is 0 Å². The predicted octanol–water partition coefficient (Wildman–Crippen LogP) is 3.37. The van der Waals surface area contributed by atoms with Gasteiger partial charge in [-0.05, 0) is 31.8 Å². The number of esters is 1. The Morgan fingerprint density at radius 1 is 1.47 bits per heavy atom. The number of rotatable bonds is 5. The van der Waals surface area contributed by atoms with Crippen LogP contribution in [-0.4, -0.2) is 12.6 Å². The van der Waals surface area contributed by atoms with E-state index in [0.29, 0.717) is 6.42 Å². The Morgan fingerprint density at radius 2 is 2.13 bits per heavy atom. The normalized spacial score (nSPS) is 18.1. The smallest absolute Gasteiger partial charge is 0.366 e. The molecule has 1 fully saturated rings. The quantitative estimate of drug-likeness (QED) is 0.518. The first-order valence-electron chi connectivity index (χ1n) is 5.76. The van der Waals surface area contributed by atoms with Crippen LogP contribution in [0.4, 0.5) is 4.39 Å². The van der Waals surface area contributed by atoms with E-state index < -0.39 is 11.8 Å². The number of ether oxygens (including phenoxy) is 1. The number of allylic oxidation sites excluding steroid dienone is 1. The van der Waals surface area contributed by atoms with Crippen molar-refractivity contribution in [3.05, 3.63) is 11.9 Å². The second-order valence-electron chi connectivity index (χ2n) is 4.00. The van der Waals surface area contributed by atoms with E-state index in [-0.39, 0.29) is 6.61 Å². The Morgan fingerprint density at radius 3 is 2.73 bits per heavy atom. The first-order valence-corrected chi connectivity index (χ1v) is 5.76. The van der Waals surface area contributed by atoms with Crippen LogP contribution in [0.5, 0.6) is 0 Å². The summed E-state index contributed by atoms with van der Waals surface area (Å²) in [6, 6.07) is 0. The summed E-state index contributed by atoms with van der Waals surface area (Å²) in [4.78, 5) is 10.9. The molecule has 0 saturated heterocycles. The van der Waals surface area contributed by atoms with Gasteiger partial charge in [0.25, 0.3) is 0 Å².